The molecule has 0 atom stereocenters. The van der Waals surface area contributed by atoms with Crippen molar-refractivity contribution in [2.45, 2.75) is 38.5 Å². The van der Waals surface area contributed by atoms with Crippen LogP contribution >= 0.6 is 0 Å². The third kappa shape index (κ3) is 5.63. The van der Waals surface area contributed by atoms with Crippen LogP contribution in [0.1, 0.15) is 38.5 Å². The van der Waals surface area contributed by atoms with Crippen LogP contribution in [0, 0.1) is 5.92 Å². The summed E-state index contributed by atoms with van der Waals surface area (Å²) in [6, 6.07) is 0. The third-order valence-electron chi connectivity index (χ3n) is 5.08. The Morgan fingerprint density at radius 2 is 1.38 bits per heavy atom. The minimum atomic E-state index is -3.40. The smallest absolute Gasteiger partial charge is 0.317 e. The standard InChI is InChI=1S/C16H29N3O6S/c20-15(21)14(16(22)23)6-4-7-17-8-5-11-19(13-12-17)26(24,25)18-9-2-1-3-10-18/h14H,1-13H2,(H,20,21)(H,22,23). The van der Waals surface area contributed by atoms with Crippen LogP contribution in [0.4, 0.5) is 0 Å². The number of carbonyl (C=O) groups is 2. The number of hydrogen-bond donors (Lipinski definition) is 2. The summed E-state index contributed by atoms with van der Waals surface area (Å²) in [6.45, 7) is 3.98. The maximum Gasteiger partial charge on any atom is 0.317 e. The Kier molecular flexibility index (Phi) is 7.81. The van der Waals surface area contributed by atoms with E-state index < -0.39 is 28.1 Å². The molecular weight excluding hydrogens is 362 g/mol. The van der Waals surface area contributed by atoms with E-state index in [1.165, 1.54) is 0 Å². The monoisotopic (exact) mass is 391 g/mol. The molecule has 9 nitrogen and oxygen atoms in total. The zero-order chi connectivity index (χ0) is 19.2. The van der Waals surface area contributed by atoms with Gasteiger partial charge in [0.15, 0.2) is 5.92 Å². The molecule has 0 aromatic heterocycles. The lowest BCUT2D eigenvalue weighted by atomic mass is 10.0. The maximum absolute atomic E-state index is 12.8. The first-order valence-corrected chi connectivity index (χ1v) is 10.7. The van der Waals surface area contributed by atoms with Gasteiger partial charge in [-0.3, -0.25) is 9.59 Å². The number of nitrogens with zero attached hydrogens (tertiary/aromatic N) is 3. The third-order valence-corrected chi connectivity index (χ3v) is 7.11. The fourth-order valence-electron chi connectivity index (χ4n) is 3.53. The fraction of sp³-hybridized carbons (Fsp3) is 0.875. The van der Waals surface area contributed by atoms with Crippen LogP contribution in [0.15, 0.2) is 0 Å². The highest BCUT2D eigenvalue weighted by Crippen LogP contribution is 2.18. The molecule has 2 N–H and O–H groups in total. The van der Waals surface area contributed by atoms with Crippen molar-refractivity contribution < 1.29 is 28.2 Å². The van der Waals surface area contributed by atoms with Crippen LogP contribution in [0.5, 0.6) is 0 Å². The normalized spacial score (nSPS) is 21.6. The number of aliphatic carboxylic acids is 2. The van der Waals surface area contributed by atoms with Crippen molar-refractivity contribution in [3.05, 3.63) is 0 Å². The van der Waals surface area contributed by atoms with E-state index in [9.17, 15) is 18.0 Å². The summed E-state index contributed by atoms with van der Waals surface area (Å²) < 4.78 is 28.6. The van der Waals surface area contributed by atoms with Gasteiger partial charge in [-0.25, -0.2) is 0 Å². The van der Waals surface area contributed by atoms with Crippen molar-refractivity contribution in [2.24, 2.45) is 5.92 Å². The molecule has 2 rings (SSSR count). The summed E-state index contributed by atoms with van der Waals surface area (Å²) in [4.78, 5) is 23.9. The van der Waals surface area contributed by atoms with Crippen molar-refractivity contribution in [1.82, 2.24) is 13.5 Å². The van der Waals surface area contributed by atoms with Gasteiger partial charge < -0.3 is 15.1 Å². The van der Waals surface area contributed by atoms with Gasteiger partial charge in [0.05, 0.1) is 0 Å². The summed E-state index contributed by atoms with van der Waals surface area (Å²) in [5.41, 5.74) is 0. The van der Waals surface area contributed by atoms with Gasteiger partial charge in [-0.05, 0) is 45.2 Å². The lowest BCUT2D eigenvalue weighted by Gasteiger charge is -2.31. The molecule has 0 spiro atoms. The summed E-state index contributed by atoms with van der Waals surface area (Å²) in [5, 5.41) is 17.8. The number of rotatable bonds is 8. The van der Waals surface area contributed by atoms with Crippen LogP contribution in [-0.4, -0.2) is 89.9 Å². The van der Waals surface area contributed by atoms with Gasteiger partial charge in [0.2, 0.25) is 0 Å². The first kappa shape index (κ1) is 21.1. The Morgan fingerprint density at radius 1 is 0.808 bits per heavy atom. The molecule has 2 heterocycles. The molecule has 150 valence electrons. The fourth-order valence-corrected chi connectivity index (χ4v) is 5.25. The average molecular weight is 391 g/mol. The molecule has 0 amide bonds. The van der Waals surface area contributed by atoms with Gasteiger partial charge in [-0.15, -0.1) is 0 Å². The Balaban J connectivity index is 1.82. The molecule has 0 bridgehead atoms. The van der Waals surface area contributed by atoms with E-state index in [-0.39, 0.29) is 6.42 Å². The van der Waals surface area contributed by atoms with E-state index >= 15 is 0 Å². The first-order valence-electron chi connectivity index (χ1n) is 9.25. The van der Waals surface area contributed by atoms with E-state index in [4.69, 9.17) is 10.2 Å². The highest BCUT2D eigenvalue weighted by Gasteiger charge is 2.32. The van der Waals surface area contributed by atoms with E-state index in [0.717, 1.165) is 25.8 Å². The van der Waals surface area contributed by atoms with Crippen LogP contribution in [0.25, 0.3) is 0 Å². The largest absolute Gasteiger partial charge is 0.481 e. The van der Waals surface area contributed by atoms with Gasteiger partial charge >= 0.3 is 11.9 Å². The van der Waals surface area contributed by atoms with Crippen molar-refractivity contribution >= 4 is 22.1 Å². The molecule has 10 heteroatoms. The highest BCUT2D eigenvalue weighted by molar-refractivity contribution is 7.86. The van der Waals surface area contributed by atoms with E-state index in [0.29, 0.717) is 52.1 Å². The molecule has 0 aromatic rings. The lowest BCUT2D eigenvalue weighted by Crippen LogP contribution is -2.47. The second kappa shape index (κ2) is 9.63. The number of hydrogen-bond acceptors (Lipinski definition) is 5. The number of carboxylic acids is 2. The molecule has 2 saturated heterocycles. The molecule has 0 saturated carbocycles. The zero-order valence-corrected chi connectivity index (χ0v) is 15.9. The van der Waals surface area contributed by atoms with E-state index in [2.05, 4.69) is 4.90 Å². The molecule has 2 aliphatic rings. The highest BCUT2D eigenvalue weighted by atomic mass is 32.2. The minimum Gasteiger partial charge on any atom is -0.481 e. The van der Waals surface area contributed by atoms with Crippen molar-refractivity contribution in [1.29, 1.82) is 0 Å². The number of carboxylic acid groups (broad SMARTS) is 2. The van der Waals surface area contributed by atoms with Crippen LogP contribution in [-0.2, 0) is 19.8 Å². The van der Waals surface area contributed by atoms with Crippen molar-refractivity contribution in [3.63, 3.8) is 0 Å². The molecular formula is C16H29N3O6S. The average Bonchev–Trinajstić information content (AvgIpc) is 2.85. The van der Waals surface area contributed by atoms with E-state index in [1.807, 2.05) is 0 Å². The first-order chi connectivity index (χ1) is 12.3. The Hall–Kier alpha value is -1.23. The molecule has 0 unspecified atom stereocenters. The molecule has 0 radical (unpaired) electrons. The van der Waals surface area contributed by atoms with Gasteiger partial charge in [0, 0.05) is 32.7 Å². The lowest BCUT2D eigenvalue weighted by molar-refractivity contribution is -0.154. The van der Waals surface area contributed by atoms with Crippen molar-refractivity contribution in [3.8, 4) is 0 Å². The Bertz CT molecular complexity index is 577. The quantitative estimate of drug-likeness (QED) is 0.571. The van der Waals surface area contributed by atoms with E-state index in [1.54, 1.807) is 8.61 Å². The Labute approximate surface area is 154 Å². The van der Waals surface area contributed by atoms with Crippen LogP contribution in [0.3, 0.4) is 0 Å². The van der Waals surface area contributed by atoms with Gasteiger partial charge in [0.25, 0.3) is 10.2 Å². The second-order valence-corrected chi connectivity index (χ2v) is 8.86. The molecule has 2 aliphatic heterocycles. The maximum atomic E-state index is 12.8. The molecule has 0 aromatic carbocycles. The summed E-state index contributed by atoms with van der Waals surface area (Å²) in [5.74, 6) is -4.00. The SMILES string of the molecule is O=C(O)C(CCCN1CCCN(S(=O)(=O)N2CCCCC2)CC1)C(=O)O. The second-order valence-electron chi connectivity index (χ2n) is 6.93. The Morgan fingerprint density at radius 3 is 2.00 bits per heavy atom. The van der Waals surface area contributed by atoms with Crippen LogP contribution < -0.4 is 0 Å². The van der Waals surface area contributed by atoms with Crippen LogP contribution in [0.2, 0.25) is 0 Å². The summed E-state index contributed by atoms with van der Waals surface area (Å²) >= 11 is 0. The summed E-state index contributed by atoms with van der Waals surface area (Å²) in [7, 11) is -3.40. The predicted octanol–water partition coefficient (Wildman–Crippen LogP) is 0.290. The zero-order valence-electron chi connectivity index (χ0n) is 15.0. The minimum absolute atomic E-state index is 0.0803. The topological polar surface area (TPSA) is 118 Å². The van der Waals surface area contributed by atoms with Gasteiger partial charge in [-0.1, -0.05) is 6.42 Å². The summed E-state index contributed by atoms with van der Waals surface area (Å²) in [6.07, 6.45) is 4.15. The van der Waals surface area contributed by atoms with Crippen molar-refractivity contribution in [2.75, 3.05) is 45.8 Å². The predicted molar refractivity (Wildman–Crippen MR) is 95.0 cm³/mol. The molecule has 0 aliphatic carbocycles. The number of piperidine rings is 1. The molecule has 26 heavy (non-hydrogen) atoms. The van der Waals surface area contributed by atoms with Gasteiger partial charge in [0.1, 0.15) is 0 Å². The van der Waals surface area contributed by atoms with Gasteiger partial charge in [-0.2, -0.15) is 17.0 Å². The molecule has 2 fully saturated rings.